The van der Waals surface area contributed by atoms with Gasteiger partial charge in [0.15, 0.2) is 12.1 Å². The molecule has 0 aliphatic heterocycles. The number of quaternary nitrogens is 1. The van der Waals surface area contributed by atoms with Gasteiger partial charge in [0.25, 0.3) is 0 Å². The Hall–Kier alpha value is -3.49. The van der Waals surface area contributed by atoms with Gasteiger partial charge in [0.1, 0.15) is 6.61 Å². The zero-order chi connectivity index (χ0) is 44.2. The Labute approximate surface area is 367 Å². The van der Waals surface area contributed by atoms with E-state index < -0.39 is 18.1 Å². The molecule has 0 bridgehead atoms. The molecule has 2 unspecified atom stereocenters. The van der Waals surface area contributed by atoms with Crippen LogP contribution in [0, 0.1) is 0 Å². The van der Waals surface area contributed by atoms with Crippen molar-refractivity contribution in [1.82, 2.24) is 0 Å². The number of unbranched alkanes of at least 4 members (excludes halogenated alkanes) is 13. The Bertz CT molecular complexity index is 1250. The average Bonchev–Trinajstić information content (AvgIpc) is 3.21. The number of hydrogen-bond donors (Lipinski definition) is 1. The molecule has 8 nitrogen and oxygen atoms in total. The summed E-state index contributed by atoms with van der Waals surface area (Å²) in [5, 5.41) is 9.63. The van der Waals surface area contributed by atoms with Gasteiger partial charge in [-0.05, 0) is 89.9 Å². The second kappa shape index (κ2) is 42.2. The summed E-state index contributed by atoms with van der Waals surface area (Å²) in [4.78, 5) is 37.0. The lowest BCUT2D eigenvalue weighted by Gasteiger charge is -2.31. The first kappa shape index (κ1) is 56.5. The highest BCUT2D eigenvalue weighted by molar-refractivity contribution is 5.72. The number of rotatable bonds is 41. The molecule has 60 heavy (non-hydrogen) atoms. The van der Waals surface area contributed by atoms with E-state index in [4.69, 9.17) is 14.2 Å². The molecule has 2 atom stereocenters. The van der Waals surface area contributed by atoms with Crippen LogP contribution in [0.2, 0.25) is 0 Å². The fourth-order valence-corrected chi connectivity index (χ4v) is 6.38. The van der Waals surface area contributed by atoms with Crippen LogP contribution < -0.4 is 0 Å². The van der Waals surface area contributed by atoms with Crippen molar-refractivity contribution in [3.63, 3.8) is 0 Å². The molecule has 0 rings (SSSR count). The van der Waals surface area contributed by atoms with Crippen molar-refractivity contribution < 1.29 is 38.2 Å². The van der Waals surface area contributed by atoms with Crippen LogP contribution in [0.3, 0.4) is 0 Å². The van der Waals surface area contributed by atoms with Gasteiger partial charge in [-0.25, -0.2) is 4.79 Å². The second-order valence-corrected chi connectivity index (χ2v) is 16.6. The number of carboxylic acid groups (broad SMARTS) is 1. The van der Waals surface area contributed by atoms with Crippen LogP contribution in [0.5, 0.6) is 0 Å². The van der Waals surface area contributed by atoms with E-state index in [-0.39, 0.29) is 36.2 Å². The van der Waals surface area contributed by atoms with Crippen LogP contribution in [-0.4, -0.2) is 80.6 Å². The molecule has 8 heteroatoms. The quantitative estimate of drug-likeness (QED) is 0.0283. The fraction of sp³-hybridized carbons (Fsp3) is 0.673. The SMILES string of the molecule is CC/C=C/C/C=C/C/C=C/C/C=C/C/C=C/C/C=C/CCCCCCC(=O)OC(COCCC(C(=O)O)[N+](C)(C)C)COC(=O)CCCCC/C=C/CCCCCCCC. The Morgan fingerprint density at radius 1 is 0.517 bits per heavy atom. The topological polar surface area (TPSA) is 99.1 Å². The number of carbonyl (C=O) groups excluding carboxylic acids is 2. The summed E-state index contributed by atoms with van der Waals surface area (Å²) in [6, 6.07) is -0.626. The molecule has 0 fully saturated rings. The molecule has 0 aliphatic rings. The molecule has 0 saturated carbocycles. The van der Waals surface area contributed by atoms with Crippen LogP contribution in [0.4, 0.5) is 0 Å². The van der Waals surface area contributed by atoms with Gasteiger partial charge in [-0.2, -0.15) is 0 Å². The standard InChI is InChI=1S/C52H87NO7/c1-6-8-10-12-14-16-18-20-21-22-23-24-25-26-27-28-29-31-33-35-37-39-41-43-51(55)60-48(46-58-45-44-49(52(56)57)53(3,4)5)47-59-50(54)42-40-38-36-34-32-30-19-17-15-13-11-9-7-2/h8,10,14,16,20-21,23-24,26-27,29-32,48-49H,6-7,9,11-13,15,17-19,22,25,28,33-47H2,1-5H3/p+1/b10-8+,16-14+,21-20+,24-23+,27-26+,31-29+,32-30+. The van der Waals surface area contributed by atoms with E-state index >= 15 is 0 Å². The minimum atomic E-state index is -0.885. The number of carbonyl (C=O) groups is 3. The predicted molar refractivity (Wildman–Crippen MR) is 252 cm³/mol. The molecule has 342 valence electrons. The van der Waals surface area contributed by atoms with Crippen molar-refractivity contribution in [2.45, 2.75) is 187 Å². The minimum absolute atomic E-state index is 0.0412. The molecule has 0 radical (unpaired) electrons. The Morgan fingerprint density at radius 2 is 0.933 bits per heavy atom. The zero-order valence-corrected chi connectivity index (χ0v) is 38.9. The highest BCUT2D eigenvalue weighted by Crippen LogP contribution is 2.13. The van der Waals surface area contributed by atoms with Gasteiger partial charge in [0.2, 0.25) is 0 Å². The Morgan fingerprint density at radius 3 is 1.42 bits per heavy atom. The summed E-state index contributed by atoms with van der Waals surface area (Å²) < 4.78 is 17.3. The van der Waals surface area contributed by atoms with E-state index in [2.05, 4.69) is 98.9 Å². The molecule has 0 amide bonds. The summed E-state index contributed by atoms with van der Waals surface area (Å²) in [7, 11) is 5.51. The van der Waals surface area contributed by atoms with Crippen LogP contribution in [-0.2, 0) is 28.6 Å². The maximum absolute atomic E-state index is 12.8. The minimum Gasteiger partial charge on any atom is -0.477 e. The summed E-state index contributed by atoms with van der Waals surface area (Å²) in [6.07, 6.45) is 54.9. The molecule has 1 N–H and O–H groups in total. The van der Waals surface area contributed by atoms with Crippen molar-refractivity contribution >= 4 is 17.9 Å². The molecule has 0 saturated heterocycles. The molecule has 0 aromatic heterocycles. The van der Waals surface area contributed by atoms with E-state index in [1.807, 2.05) is 21.1 Å². The van der Waals surface area contributed by atoms with Crippen LogP contribution in [0.25, 0.3) is 0 Å². The third-order valence-electron chi connectivity index (χ3n) is 10.0. The first-order valence-corrected chi connectivity index (χ1v) is 23.6. The van der Waals surface area contributed by atoms with Crippen molar-refractivity contribution in [3.8, 4) is 0 Å². The van der Waals surface area contributed by atoms with Crippen LogP contribution in [0.1, 0.15) is 174 Å². The Kier molecular flexibility index (Phi) is 39.8. The summed E-state index contributed by atoms with van der Waals surface area (Å²) in [5.74, 6) is -1.53. The summed E-state index contributed by atoms with van der Waals surface area (Å²) in [6.45, 7) is 4.56. The molecule has 0 spiro atoms. The first-order chi connectivity index (χ1) is 29.1. The van der Waals surface area contributed by atoms with Gasteiger partial charge >= 0.3 is 17.9 Å². The predicted octanol–water partition coefficient (Wildman–Crippen LogP) is 13.3. The Balaban J connectivity index is 4.38. The van der Waals surface area contributed by atoms with Crippen molar-refractivity contribution in [1.29, 1.82) is 0 Å². The number of ether oxygens (including phenoxy) is 3. The third-order valence-corrected chi connectivity index (χ3v) is 10.0. The number of nitrogens with zero attached hydrogens (tertiary/aromatic N) is 1. The van der Waals surface area contributed by atoms with Crippen LogP contribution in [0.15, 0.2) is 85.1 Å². The summed E-state index contributed by atoms with van der Waals surface area (Å²) in [5.41, 5.74) is 0. The smallest absolute Gasteiger partial charge is 0.362 e. The number of carboxylic acids is 1. The average molecular weight is 839 g/mol. The fourth-order valence-electron chi connectivity index (χ4n) is 6.38. The molecule has 0 heterocycles. The van der Waals surface area contributed by atoms with Crippen LogP contribution >= 0.6 is 0 Å². The van der Waals surface area contributed by atoms with Gasteiger partial charge in [-0.15, -0.1) is 0 Å². The second-order valence-electron chi connectivity index (χ2n) is 16.6. The normalized spacial score (nSPS) is 13.7. The number of hydrogen-bond acceptors (Lipinski definition) is 6. The number of likely N-dealkylation sites (N-methyl/N-ethyl adjacent to an activating group) is 1. The van der Waals surface area contributed by atoms with Gasteiger partial charge in [-0.3, -0.25) is 9.59 Å². The van der Waals surface area contributed by atoms with Crippen molar-refractivity contribution in [2.24, 2.45) is 0 Å². The molecular weight excluding hydrogens is 751 g/mol. The first-order valence-electron chi connectivity index (χ1n) is 23.6. The van der Waals surface area contributed by atoms with Gasteiger partial charge in [-0.1, -0.05) is 150 Å². The summed E-state index contributed by atoms with van der Waals surface area (Å²) >= 11 is 0. The largest absolute Gasteiger partial charge is 0.477 e. The van der Waals surface area contributed by atoms with Gasteiger partial charge in [0.05, 0.1) is 34.4 Å². The molecule has 0 aliphatic carbocycles. The lowest BCUT2D eigenvalue weighted by atomic mass is 10.1. The van der Waals surface area contributed by atoms with E-state index in [0.29, 0.717) is 19.3 Å². The molecular formula is C52H88NO7+. The molecule has 0 aromatic carbocycles. The van der Waals surface area contributed by atoms with E-state index in [1.54, 1.807) is 0 Å². The maximum atomic E-state index is 12.8. The lowest BCUT2D eigenvalue weighted by Crippen LogP contribution is -2.50. The number of esters is 2. The van der Waals surface area contributed by atoms with Gasteiger partial charge < -0.3 is 23.8 Å². The number of aliphatic carboxylic acids is 1. The zero-order valence-electron chi connectivity index (χ0n) is 38.9. The third kappa shape index (κ3) is 39.9. The van der Waals surface area contributed by atoms with Gasteiger partial charge in [0, 0.05) is 19.3 Å². The number of allylic oxidation sites excluding steroid dienone is 14. The van der Waals surface area contributed by atoms with E-state index in [0.717, 1.165) is 103 Å². The van der Waals surface area contributed by atoms with Crippen molar-refractivity contribution in [2.75, 3.05) is 41.0 Å². The van der Waals surface area contributed by atoms with Crippen molar-refractivity contribution in [3.05, 3.63) is 85.1 Å². The molecule has 0 aromatic rings. The monoisotopic (exact) mass is 839 g/mol. The van der Waals surface area contributed by atoms with E-state index in [1.165, 1.54) is 38.5 Å². The maximum Gasteiger partial charge on any atom is 0.362 e. The lowest BCUT2D eigenvalue weighted by molar-refractivity contribution is -0.887. The highest BCUT2D eigenvalue weighted by Gasteiger charge is 2.31. The van der Waals surface area contributed by atoms with E-state index in [9.17, 15) is 19.5 Å². The highest BCUT2D eigenvalue weighted by atomic mass is 16.6.